The summed E-state index contributed by atoms with van der Waals surface area (Å²) >= 11 is 0. The summed E-state index contributed by atoms with van der Waals surface area (Å²) in [7, 11) is 1.72. The first-order chi connectivity index (χ1) is 10.7. The zero-order valence-corrected chi connectivity index (χ0v) is 13.7. The van der Waals surface area contributed by atoms with Crippen LogP contribution in [0.1, 0.15) is 31.7 Å². The van der Waals surface area contributed by atoms with E-state index < -0.39 is 0 Å². The molecule has 0 amide bonds. The van der Waals surface area contributed by atoms with Crippen molar-refractivity contribution in [2.75, 3.05) is 33.4 Å². The van der Waals surface area contributed by atoms with Gasteiger partial charge in [0, 0.05) is 32.7 Å². The van der Waals surface area contributed by atoms with Gasteiger partial charge >= 0.3 is 0 Å². The fourth-order valence-electron chi connectivity index (χ4n) is 3.64. The van der Waals surface area contributed by atoms with Crippen LogP contribution in [-0.2, 0) is 16.0 Å². The summed E-state index contributed by atoms with van der Waals surface area (Å²) in [6, 6.07) is 8.35. The second kappa shape index (κ2) is 6.99. The lowest BCUT2D eigenvalue weighted by atomic mass is 9.88. The van der Waals surface area contributed by atoms with Gasteiger partial charge in [-0.25, -0.2) is 0 Å². The van der Waals surface area contributed by atoms with E-state index in [1.54, 1.807) is 7.11 Å². The molecule has 22 heavy (non-hydrogen) atoms. The van der Waals surface area contributed by atoms with Crippen LogP contribution in [0.5, 0.6) is 5.75 Å². The molecule has 2 aliphatic rings. The van der Waals surface area contributed by atoms with Crippen molar-refractivity contribution in [1.29, 1.82) is 0 Å². The normalized spacial score (nSPS) is 24.7. The number of hydrogen-bond acceptors (Lipinski definition) is 4. The Hall–Kier alpha value is -1.10. The van der Waals surface area contributed by atoms with Crippen molar-refractivity contribution in [2.24, 2.45) is 0 Å². The molecule has 0 radical (unpaired) electrons. The first-order valence-corrected chi connectivity index (χ1v) is 8.34. The maximum atomic E-state index is 6.11. The van der Waals surface area contributed by atoms with E-state index in [4.69, 9.17) is 14.2 Å². The largest absolute Gasteiger partial charge is 0.497 e. The minimum atomic E-state index is 0.0741. The highest BCUT2D eigenvalue weighted by atomic mass is 16.6. The standard InChI is InChI=1S/C18H27NO3/c1-3-21-17-12-18(22-14-17)7-9-19(10-8-18)13-15-5-4-6-16(11-15)20-2/h4-6,11,17H,3,7-10,12-14H2,1-2H3/t17-/m1/s1. The predicted octanol–water partition coefficient (Wildman–Crippen LogP) is 2.86. The van der Waals surface area contributed by atoms with E-state index in [-0.39, 0.29) is 5.60 Å². The van der Waals surface area contributed by atoms with E-state index in [1.165, 1.54) is 5.56 Å². The third-order valence-electron chi connectivity index (χ3n) is 4.89. The Morgan fingerprint density at radius 3 is 2.86 bits per heavy atom. The van der Waals surface area contributed by atoms with Crippen molar-refractivity contribution < 1.29 is 14.2 Å². The number of likely N-dealkylation sites (tertiary alicyclic amines) is 1. The van der Waals surface area contributed by atoms with Gasteiger partial charge < -0.3 is 14.2 Å². The molecular formula is C18H27NO3. The van der Waals surface area contributed by atoms with Crippen molar-refractivity contribution in [3.8, 4) is 5.75 Å². The van der Waals surface area contributed by atoms with Crippen LogP contribution in [0.2, 0.25) is 0 Å². The van der Waals surface area contributed by atoms with Crippen LogP contribution in [0, 0.1) is 0 Å². The molecular weight excluding hydrogens is 278 g/mol. The molecule has 0 unspecified atom stereocenters. The summed E-state index contributed by atoms with van der Waals surface area (Å²) < 4.78 is 17.1. The van der Waals surface area contributed by atoms with Crippen molar-refractivity contribution in [3.63, 3.8) is 0 Å². The van der Waals surface area contributed by atoms with Gasteiger partial charge in [-0.15, -0.1) is 0 Å². The Morgan fingerprint density at radius 2 is 2.14 bits per heavy atom. The molecule has 1 spiro atoms. The van der Waals surface area contributed by atoms with Crippen LogP contribution in [0.25, 0.3) is 0 Å². The van der Waals surface area contributed by atoms with Gasteiger partial charge in [-0.2, -0.15) is 0 Å². The predicted molar refractivity (Wildman–Crippen MR) is 86.2 cm³/mol. The number of hydrogen-bond donors (Lipinski definition) is 0. The minimum absolute atomic E-state index is 0.0741. The Bertz CT molecular complexity index is 483. The quantitative estimate of drug-likeness (QED) is 0.837. The molecule has 2 aliphatic heterocycles. The van der Waals surface area contributed by atoms with E-state index in [0.29, 0.717) is 6.10 Å². The zero-order valence-electron chi connectivity index (χ0n) is 13.7. The van der Waals surface area contributed by atoms with Gasteiger partial charge in [0.2, 0.25) is 0 Å². The van der Waals surface area contributed by atoms with Crippen molar-refractivity contribution in [3.05, 3.63) is 29.8 Å². The first kappa shape index (κ1) is 15.8. The summed E-state index contributed by atoms with van der Waals surface area (Å²) in [5.41, 5.74) is 1.39. The topological polar surface area (TPSA) is 30.9 Å². The maximum absolute atomic E-state index is 6.11. The van der Waals surface area contributed by atoms with E-state index in [0.717, 1.165) is 57.9 Å². The average Bonchev–Trinajstić information content (AvgIpc) is 2.93. The van der Waals surface area contributed by atoms with Crippen LogP contribution in [-0.4, -0.2) is 50.0 Å². The summed E-state index contributed by atoms with van der Waals surface area (Å²) in [6.45, 7) is 6.78. The van der Waals surface area contributed by atoms with Crippen molar-refractivity contribution in [2.45, 2.75) is 44.4 Å². The van der Waals surface area contributed by atoms with Crippen LogP contribution in [0.3, 0.4) is 0 Å². The molecule has 4 heteroatoms. The number of rotatable bonds is 5. The van der Waals surface area contributed by atoms with E-state index in [9.17, 15) is 0 Å². The van der Waals surface area contributed by atoms with Gasteiger partial charge in [-0.05, 0) is 37.5 Å². The molecule has 2 saturated heterocycles. The second-order valence-corrected chi connectivity index (χ2v) is 6.40. The molecule has 0 saturated carbocycles. The third kappa shape index (κ3) is 3.62. The molecule has 1 aromatic carbocycles. The molecule has 0 N–H and O–H groups in total. The van der Waals surface area contributed by atoms with E-state index >= 15 is 0 Å². The number of piperidine rings is 1. The highest BCUT2D eigenvalue weighted by molar-refractivity contribution is 5.28. The molecule has 3 rings (SSSR count). The molecule has 0 bridgehead atoms. The van der Waals surface area contributed by atoms with E-state index in [2.05, 4.69) is 30.0 Å². The molecule has 122 valence electrons. The lowest BCUT2D eigenvalue weighted by molar-refractivity contribution is -0.0464. The average molecular weight is 305 g/mol. The molecule has 2 heterocycles. The second-order valence-electron chi connectivity index (χ2n) is 6.40. The van der Waals surface area contributed by atoms with Crippen LogP contribution < -0.4 is 4.74 Å². The van der Waals surface area contributed by atoms with Gasteiger partial charge in [0.15, 0.2) is 0 Å². The van der Waals surface area contributed by atoms with Gasteiger partial charge in [0.25, 0.3) is 0 Å². The maximum Gasteiger partial charge on any atom is 0.119 e. The van der Waals surface area contributed by atoms with Gasteiger partial charge in [-0.3, -0.25) is 4.90 Å². The number of methoxy groups -OCH3 is 1. The SMILES string of the molecule is CCO[C@H]1COC2(CCN(Cc3cccc(OC)c3)CC2)C1. The Balaban J connectivity index is 1.51. The van der Waals surface area contributed by atoms with Crippen LogP contribution in [0.15, 0.2) is 24.3 Å². The summed E-state index contributed by atoms with van der Waals surface area (Å²) in [4.78, 5) is 2.51. The summed E-state index contributed by atoms with van der Waals surface area (Å²) in [5, 5.41) is 0. The number of nitrogens with zero attached hydrogens (tertiary/aromatic N) is 1. The number of ether oxygens (including phenoxy) is 3. The van der Waals surface area contributed by atoms with Crippen molar-refractivity contribution >= 4 is 0 Å². The lowest BCUT2D eigenvalue weighted by Crippen LogP contribution is -2.43. The fourth-order valence-corrected chi connectivity index (χ4v) is 3.64. The summed E-state index contributed by atoms with van der Waals surface area (Å²) in [5.74, 6) is 0.935. The van der Waals surface area contributed by atoms with Crippen molar-refractivity contribution in [1.82, 2.24) is 4.90 Å². The number of benzene rings is 1. The third-order valence-corrected chi connectivity index (χ3v) is 4.89. The molecule has 0 aliphatic carbocycles. The highest BCUT2D eigenvalue weighted by Crippen LogP contribution is 2.37. The van der Waals surface area contributed by atoms with Gasteiger partial charge in [-0.1, -0.05) is 12.1 Å². The molecule has 1 aromatic rings. The fraction of sp³-hybridized carbons (Fsp3) is 0.667. The minimum Gasteiger partial charge on any atom is -0.497 e. The Morgan fingerprint density at radius 1 is 1.32 bits per heavy atom. The van der Waals surface area contributed by atoms with E-state index in [1.807, 2.05) is 6.07 Å². The highest BCUT2D eigenvalue weighted by Gasteiger charge is 2.42. The Labute approximate surface area is 133 Å². The molecule has 4 nitrogen and oxygen atoms in total. The summed E-state index contributed by atoms with van der Waals surface area (Å²) in [6.07, 6.45) is 3.59. The molecule has 1 atom stereocenters. The Kier molecular flexibility index (Phi) is 5.01. The lowest BCUT2D eigenvalue weighted by Gasteiger charge is -2.38. The molecule has 0 aromatic heterocycles. The smallest absolute Gasteiger partial charge is 0.119 e. The first-order valence-electron chi connectivity index (χ1n) is 8.34. The van der Waals surface area contributed by atoms with Gasteiger partial charge in [0.1, 0.15) is 5.75 Å². The van der Waals surface area contributed by atoms with Crippen LogP contribution >= 0.6 is 0 Å². The van der Waals surface area contributed by atoms with Crippen LogP contribution in [0.4, 0.5) is 0 Å². The van der Waals surface area contributed by atoms with Gasteiger partial charge in [0.05, 0.1) is 25.4 Å². The molecule has 2 fully saturated rings. The monoisotopic (exact) mass is 305 g/mol. The zero-order chi connectivity index (χ0) is 15.4.